The second-order valence-corrected chi connectivity index (χ2v) is 9.09. The highest BCUT2D eigenvalue weighted by molar-refractivity contribution is 7.22. The molecule has 5 rings (SSSR count). The lowest BCUT2D eigenvalue weighted by Gasteiger charge is -2.40. The first kappa shape index (κ1) is 18.8. The van der Waals surface area contributed by atoms with Gasteiger partial charge < -0.3 is 14.5 Å². The van der Waals surface area contributed by atoms with Crippen LogP contribution >= 0.6 is 11.3 Å². The van der Waals surface area contributed by atoms with Crippen molar-refractivity contribution in [2.24, 2.45) is 0 Å². The highest BCUT2D eigenvalue weighted by atomic mass is 32.1. The van der Waals surface area contributed by atoms with Gasteiger partial charge in [0.1, 0.15) is 11.3 Å². The minimum Gasteiger partial charge on any atom is -0.497 e. The third-order valence-electron chi connectivity index (χ3n) is 6.27. The van der Waals surface area contributed by atoms with E-state index in [9.17, 15) is 0 Å². The van der Waals surface area contributed by atoms with Crippen LogP contribution < -0.4 is 9.64 Å². The lowest BCUT2D eigenvalue weighted by molar-refractivity contribution is 0.141. The number of anilines is 1. The van der Waals surface area contributed by atoms with Gasteiger partial charge in [-0.15, -0.1) is 0 Å². The molecular weight excluding hydrogens is 380 g/mol. The maximum atomic E-state index is 5.35. The fraction of sp³-hybridized carbons (Fsp3) is 0.478. The van der Waals surface area contributed by atoms with Gasteiger partial charge in [0.15, 0.2) is 5.13 Å². The van der Waals surface area contributed by atoms with Crippen molar-refractivity contribution in [1.82, 2.24) is 14.9 Å². The van der Waals surface area contributed by atoms with E-state index in [0.717, 1.165) is 46.8 Å². The van der Waals surface area contributed by atoms with Gasteiger partial charge in [0.05, 0.1) is 23.7 Å². The molecule has 0 unspecified atom stereocenters. The lowest BCUT2D eigenvalue weighted by Crippen LogP contribution is -2.46. The lowest BCUT2D eigenvalue weighted by atomic mass is 10.0. The Morgan fingerprint density at radius 1 is 1.03 bits per heavy atom. The van der Waals surface area contributed by atoms with Crippen molar-refractivity contribution in [2.75, 3.05) is 38.2 Å². The maximum absolute atomic E-state index is 5.35. The molecular formula is C23H28N4OS. The molecule has 3 aromatic rings. The molecule has 152 valence electrons. The number of hydrogen-bond acceptors (Lipinski definition) is 6. The van der Waals surface area contributed by atoms with E-state index in [1.165, 1.54) is 49.9 Å². The van der Waals surface area contributed by atoms with Gasteiger partial charge in [-0.05, 0) is 57.0 Å². The number of likely N-dealkylation sites (tertiary alicyclic amines) is 1. The second-order valence-electron chi connectivity index (χ2n) is 8.08. The van der Waals surface area contributed by atoms with E-state index in [1.54, 1.807) is 18.4 Å². The predicted octanol–water partition coefficient (Wildman–Crippen LogP) is 4.82. The van der Waals surface area contributed by atoms with Crippen LogP contribution in [-0.4, -0.2) is 54.2 Å². The topological polar surface area (TPSA) is 41.5 Å². The zero-order chi connectivity index (χ0) is 19.6. The summed E-state index contributed by atoms with van der Waals surface area (Å²) in [6, 6.07) is 11.0. The number of aromatic nitrogens is 2. The molecule has 2 aliphatic heterocycles. The smallest absolute Gasteiger partial charge is 0.186 e. The van der Waals surface area contributed by atoms with Gasteiger partial charge in [0.2, 0.25) is 0 Å². The van der Waals surface area contributed by atoms with Crippen LogP contribution in [-0.2, 0) is 0 Å². The zero-order valence-corrected chi connectivity index (χ0v) is 17.8. The first-order chi connectivity index (χ1) is 14.3. The van der Waals surface area contributed by atoms with Gasteiger partial charge in [0.25, 0.3) is 0 Å². The molecule has 0 bridgehead atoms. The molecule has 0 saturated carbocycles. The molecule has 1 aromatic carbocycles. The van der Waals surface area contributed by atoms with Crippen LogP contribution in [0.25, 0.3) is 21.5 Å². The molecule has 0 aliphatic carbocycles. The molecule has 0 N–H and O–H groups in total. The fourth-order valence-corrected chi connectivity index (χ4v) is 5.63. The first-order valence-electron chi connectivity index (χ1n) is 10.7. The third kappa shape index (κ3) is 3.96. The number of methoxy groups -OCH3 is 1. The molecule has 6 heteroatoms. The number of benzene rings is 1. The van der Waals surface area contributed by atoms with Crippen LogP contribution in [0.15, 0.2) is 36.5 Å². The SMILES string of the molecule is COc1cccc(-c2cc3sc(N4CCC(N5CCCCC5)CC4)nc3cn2)c1. The molecule has 0 amide bonds. The number of rotatable bonds is 4. The van der Waals surface area contributed by atoms with Gasteiger partial charge in [-0.3, -0.25) is 4.98 Å². The summed E-state index contributed by atoms with van der Waals surface area (Å²) in [6.07, 6.45) is 8.57. The van der Waals surface area contributed by atoms with Gasteiger partial charge in [0, 0.05) is 24.7 Å². The summed E-state index contributed by atoms with van der Waals surface area (Å²) in [4.78, 5) is 14.7. The Morgan fingerprint density at radius 3 is 2.66 bits per heavy atom. The van der Waals surface area contributed by atoms with Crippen LogP contribution in [0.3, 0.4) is 0 Å². The second kappa shape index (κ2) is 8.28. The van der Waals surface area contributed by atoms with Crippen LogP contribution in [0.5, 0.6) is 5.75 Å². The summed E-state index contributed by atoms with van der Waals surface area (Å²) in [5.41, 5.74) is 3.04. The molecule has 2 aliphatic rings. The minimum absolute atomic E-state index is 0.766. The number of fused-ring (bicyclic) bond motifs is 1. The Kier molecular flexibility index (Phi) is 5.38. The van der Waals surface area contributed by atoms with E-state index in [0.29, 0.717) is 0 Å². The molecule has 0 spiro atoms. The predicted molar refractivity (Wildman–Crippen MR) is 120 cm³/mol. The normalized spacial score (nSPS) is 19.0. The molecule has 29 heavy (non-hydrogen) atoms. The van der Waals surface area contributed by atoms with E-state index in [-0.39, 0.29) is 0 Å². The Bertz CT molecular complexity index is 974. The summed E-state index contributed by atoms with van der Waals surface area (Å²) in [7, 11) is 1.69. The van der Waals surface area contributed by atoms with Gasteiger partial charge in [-0.1, -0.05) is 29.9 Å². The van der Waals surface area contributed by atoms with Gasteiger partial charge in [-0.25, -0.2) is 4.98 Å². The Hall–Kier alpha value is -2.18. The number of hydrogen-bond donors (Lipinski definition) is 0. The van der Waals surface area contributed by atoms with Crippen molar-refractivity contribution in [3.63, 3.8) is 0 Å². The van der Waals surface area contributed by atoms with Crippen LogP contribution in [0.4, 0.5) is 5.13 Å². The van der Waals surface area contributed by atoms with E-state index in [2.05, 4.69) is 26.9 Å². The number of thiazole rings is 1. The average molecular weight is 409 g/mol. The molecule has 5 nitrogen and oxygen atoms in total. The van der Waals surface area contributed by atoms with Crippen molar-refractivity contribution in [2.45, 2.75) is 38.1 Å². The minimum atomic E-state index is 0.766. The average Bonchev–Trinajstić information content (AvgIpc) is 3.23. The molecule has 2 fully saturated rings. The van der Waals surface area contributed by atoms with Crippen molar-refractivity contribution in [3.8, 4) is 17.0 Å². The third-order valence-corrected chi connectivity index (χ3v) is 7.35. The highest BCUT2D eigenvalue weighted by Gasteiger charge is 2.26. The molecule has 0 atom stereocenters. The van der Waals surface area contributed by atoms with Gasteiger partial charge >= 0.3 is 0 Å². The maximum Gasteiger partial charge on any atom is 0.186 e. The van der Waals surface area contributed by atoms with E-state index in [1.807, 2.05) is 24.4 Å². The standard InChI is InChI=1S/C23H28N4OS/c1-28-19-7-5-6-17(14-19)20-15-22-21(16-24-20)25-23(29-22)27-12-8-18(9-13-27)26-10-3-2-4-11-26/h5-7,14-16,18H,2-4,8-13H2,1H3. The summed E-state index contributed by atoms with van der Waals surface area (Å²) in [5.74, 6) is 0.853. The van der Waals surface area contributed by atoms with Crippen LogP contribution in [0, 0.1) is 0 Å². The van der Waals surface area contributed by atoms with E-state index >= 15 is 0 Å². The number of nitrogens with zero attached hydrogens (tertiary/aromatic N) is 4. The largest absolute Gasteiger partial charge is 0.497 e. The fourth-order valence-electron chi connectivity index (χ4n) is 4.60. The number of pyridine rings is 1. The molecule has 2 saturated heterocycles. The quantitative estimate of drug-likeness (QED) is 0.619. The van der Waals surface area contributed by atoms with E-state index < -0.39 is 0 Å². The highest BCUT2D eigenvalue weighted by Crippen LogP contribution is 2.33. The number of ether oxygens (including phenoxy) is 1. The monoisotopic (exact) mass is 408 g/mol. The number of piperidine rings is 2. The molecule has 2 aromatic heterocycles. The Balaban J connectivity index is 1.31. The van der Waals surface area contributed by atoms with Crippen molar-refractivity contribution in [3.05, 3.63) is 36.5 Å². The van der Waals surface area contributed by atoms with Crippen LogP contribution in [0.1, 0.15) is 32.1 Å². The van der Waals surface area contributed by atoms with Crippen molar-refractivity contribution in [1.29, 1.82) is 0 Å². The van der Waals surface area contributed by atoms with Crippen molar-refractivity contribution >= 4 is 26.7 Å². The molecule has 0 radical (unpaired) electrons. The summed E-state index contributed by atoms with van der Waals surface area (Å²) in [5, 5.41) is 1.14. The molecule has 4 heterocycles. The zero-order valence-electron chi connectivity index (χ0n) is 17.0. The summed E-state index contributed by atoms with van der Waals surface area (Å²) < 4.78 is 6.55. The van der Waals surface area contributed by atoms with Crippen LogP contribution in [0.2, 0.25) is 0 Å². The van der Waals surface area contributed by atoms with Crippen molar-refractivity contribution < 1.29 is 4.74 Å². The summed E-state index contributed by atoms with van der Waals surface area (Å²) >= 11 is 1.79. The Labute approximate surface area is 176 Å². The van der Waals surface area contributed by atoms with Gasteiger partial charge in [-0.2, -0.15) is 0 Å². The first-order valence-corrected chi connectivity index (χ1v) is 11.5. The summed E-state index contributed by atoms with van der Waals surface area (Å²) in [6.45, 7) is 4.81. The Morgan fingerprint density at radius 2 is 1.86 bits per heavy atom. The van der Waals surface area contributed by atoms with E-state index in [4.69, 9.17) is 9.72 Å².